The molecule has 1 fully saturated rings. The number of thiophene rings is 1. The smallest absolute Gasteiger partial charge is 0.241 e. The maximum atomic E-state index is 12.1. The van der Waals surface area contributed by atoms with Gasteiger partial charge in [0.25, 0.3) is 0 Å². The minimum Gasteiger partial charge on any atom is -0.326 e. The van der Waals surface area contributed by atoms with Gasteiger partial charge in [0, 0.05) is 23.3 Å². The van der Waals surface area contributed by atoms with Crippen LogP contribution in [0.4, 0.5) is 0 Å². The lowest BCUT2D eigenvalue weighted by molar-refractivity contribution is 0.133. The summed E-state index contributed by atoms with van der Waals surface area (Å²) in [5.41, 5.74) is 5.69. The summed E-state index contributed by atoms with van der Waals surface area (Å²) >= 11 is 1.39. The van der Waals surface area contributed by atoms with Crippen LogP contribution in [0, 0.1) is 5.41 Å². The molecule has 0 bridgehead atoms. The molecule has 0 aliphatic heterocycles. The van der Waals surface area contributed by atoms with E-state index < -0.39 is 10.0 Å². The van der Waals surface area contributed by atoms with Crippen LogP contribution in [-0.4, -0.2) is 15.0 Å². The van der Waals surface area contributed by atoms with E-state index in [9.17, 15) is 8.42 Å². The maximum absolute atomic E-state index is 12.1. The zero-order chi connectivity index (χ0) is 13.2. The summed E-state index contributed by atoms with van der Waals surface area (Å²) in [6.45, 7) is 3.07. The quantitative estimate of drug-likeness (QED) is 0.841. The van der Waals surface area contributed by atoms with E-state index in [2.05, 4.69) is 11.6 Å². The highest BCUT2D eigenvalue weighted by atomic mass is 32.2. The van der Waals surface area contributed by atoms with Crippen LogP contribution in [-0.2, 0) is 16.6 Å². The first-order valence-corrected chi connectivity index (χ1v) is 8.65. The third kappa shape index (κ3) is 2.77. The average molecular weight is 288 g/mol. The zero-order valence-corrected chi connectivity index (χ0v) is 12.2. The molecule has 1 saturated carbocycles. The number of sulfonamides is 1. The minimum atomic E-state index is -3.36. The van der Waals surface area contributed by atoms with Crippen LogP contribution >= 0.6 is 11.3 Å². The summed E-state index contributed by atoms with van der Waals surface area (Å²) in [4.78, 5) is 1.24. The summed E-state index contributed by atoms with van der Waals surface area (Å²) < 4.78 is 27.0. The maximum Gasteiger partial charge on any atom is 0.241 e. The highest BCUT2D eigenvalue weighted by Gasteiger charge is 2.36. The fourth-order valence-electron chi connectivity index (χ4n) is 2.27. The molecule has 4 nitrogen and oxygen atoms in total. The van der Waals surface area contributed by atoms with Crippen LogP contribution in [0.2, 0.25) is 0 Å². The van der Waals surface area contributed by atoms with Crippen molar-refractivity contribution in [1.29, 1.82) is 0 Å². The van der Waals surface area contributed by atoms with Crippen LogP contribution in [0.3, 0.4) is 0 Å². The molecule has 1 aromatic heterocycles. The zero-order valence-electron chi connectivity index (χ0n) is 10.6. The van der Waals surface area contributed by atoms with Gasteiger partial charge in [-0.25, -0.2) is 13.1 Å². The number of rotatable bonds is 6. The van der Waals surface area contributed by atoms with Crippen molar-refractivity contribution in [2.45, 2.75) is 44.0 Å². The van der Waals surface area contributed by atoms with Crippen molar-refractivity contribution >= 4 is 21.4 Å². The van der Waals surface area contributed by atoms with E-state index in [1.54, 1.807) is 11.4 Å². The van der Waals surface area contributed by atoms with E-state index in [0.717, 1.165) is 24.1 Å². The summed E-state index contributed by atoms with van der Waals surface area (Å²) in [7, 11) is -3.36. The highest BCUT2D eigenvalue weighted by Crippen LogP contribution is 2.43. The Hall–Kier alpha value is -0.430. The van der Waals surface area contributed by atoms with Crippen molar-refractivity contribution in [2.75, 3.05) is 6.54 Å². The van der Waals surface area contributed by atoms with Gasteiger partial charge in [-0.05, 0) is 30.7 Å². The second kappa shape index (κ2) is 5.28. The number of nitrogens with one attached hydrogen (secondary N) is 1. The molecule has 1 aromatic rings. The second-order valence-corrected chi connectivity index (χ2v) is 7.75. The molecule has 1 aliphatic carbocycles. The van der Waals surface area contributed by atoms with Crippen molar-refractivity contribution in [3.8, 4) is 0 Å². The molecule has 0 amide bonds. The van der Waals surface area contributed by atoms with E-state index in [1.165, 1.54) is 17.8 Å². The Morgan fingerprint density at radius 3 is 2.67 bits per heavy atom. The van der Waals surface area contributed by atoms with Gasteiger partial charge in [0.1, 0.15) is 0 Å². The van der Waals surface area contributed by atoms with Gasteiger partial charge in [0.05, 0.1) is 4.90 Å². The Morgan fingerprint density at radius 2 is 2.22 bits per heavy atom. The van der Waals surface area contributed by atoms with Gasteiger partial charge in [-0.2, -0.15) is 0 Å². The largest absolute Gasteiger partial charge is 0.326 e. The molecule has 1 aliphatic rings. The number of nitrogens with two attached hydrogens (primary N) is 1. The van der Waals surface area contributed by atoms with Gasteiger partial charge >= 0.3 is 0 Å². The molecule has 0 spiro atoms. The number of hydrogen-bond acceptors (Lipinski definition) is 4. The van der Waals surface area contributed by atoms with E-state index in [0.29, 0.717) is 18.0 Å². The molecular weight excluding hydrogens is 268 g/mol. The standard InChI is InChI=1S/C12H20N2O2S2/c1-2-12(4-3-5-12)9-14-18(15,16)11-6-10(7-13)17-8-11/h6,8,14H,2-5,7,9,13H2,1H3. The van der Waals surface area contributed by atoms with Gasteiger partial charge in [0.2, 0.25) is 10.0 Å². The van der Waals surface area contributed by atoms with Crippen molar-refractivity contribution in [2.24, 2.45) is 11.1 Å². The molecule has 0 unspecified atom stereocenters. The minimum absolute atomic E-state index is 0.194. The van der Waals surface area contributed by atoms with Crippen LogP contribution in [0.1, 0.15) is 37.5 Å². The van der Waals surface area contributed by atoms with Crippen molar-refractivity contribution in [3.05, 3.63) is 16.3 Å². The first kappa shape index (κ1) is 14.0. The van der Waals surface area contributed by atoms with Crippen LogP contribution in [0.5, 0.6) is 0 Å². The fraction of sp³-hybridized carbons (Fsp3) is 0.667. The van der Waals surface area contributed by atoms with Gasteiger partial charge in [-0.15, -0.1) is 11.3 Å². The van der Waals surface area contributed by atoms with Gasteiger partial charge in [-0.1, -0.05) is 13.3 Å². The molecular formula is C12H20N2O2S2. The molecule has 0 aromatic carbocycles. The van der Waals surface area contributed by atoms with E-state index in [4.69, 9.17) is 5.73 Å². The number of hydrogen-bond donors (Lipinski definition) is 2. The SMILES string of the molecule is CCC1(CNS(=O)(=O)c2csc(CN)c2)CCC1. The monoisotopic (exact) mass is 288 g/mol. The molecule has 2 rings (SSSR count). The highest BCUT2D eigenvalue weighted by molar-refractivity contribution is 7.89. The molecule has 0 atom stereocenters. The molecule has 102 valence electrons. The van der Waals surface area contributed by atoms with Crippen LogP contribution in [0.25, 0.3) is 0 Å². The van der Waals surface area contributed by atoms with Crippen molar-refractivity contribution in [1.82, 2.24) is 4.72 Å². The predicted octanol–water partition coefficient (Wildman–Crippen LogP) is 2.07. The molecule has 18 heavy (non-hydrogen) atoms. The Morgan fingerprint density at radius 1 is 1.50 bits per heavy atom. The lowest BCUT2D eigenvalue weighted by atomic mass is 9.67. The van der Waals surface area contributed by atoms with Crippen LogP contribution in [0.15, 0.2) is 16.3 Å². The lowest BCUT2D eigenvalue weighted by Gasteiger charge is -2.41. The molecule has 1 heterocycles. The second-order valence-electron chi connectivity index (χ2n) is 4.98. The molecule has 0 radical (unpaired) electrons. The Balaban J connectivity index is 2.03. The van der Waals surface area contributed by atoms with Crippen LogP contribution < -0.4 is 10.5 Å². The summed E-state index contributed by atoms with van der Waals surface area (Å²) in [5.74, 6) is 0. The van der Waals surface area contributed by atoms with Gasteiger partial charge in [-0.3, -0.25) is 0 Å². The Bertz CT molecular complexity index is 498. The summed E-state index contributed by atoms with van der Waals surface area (Å²) in [6.07, 6.45) is 4.51. The topological polar surface area (TPSA) is 72.2 Å². The molecule has 6 heteroatoms. The Kier molecular flexibility index (Phi) is 4.11. The van der Waals surface area contributed by atoms with Gasteiger partial charge in [0.15, 0.2) is 0 Å². The summed E-state index contributed by atoms with van der Waals surface area (Å²) in [5, 5.41) is 1.66. The third-order valence-corrected chi connectivity index (χ3v) is 6.43. The fourth-order valence-corrected chi connectivity index (χ4v) is 4.58. The van der Waals surface area contributed by atoms with E-state index >= 15 is 0 Å². The first-order valence-electron chi connectivity index (χ1n) is 6.28. The van der Waals surface area contributed by atoms with Gasteiger partial charge < -0.3 is 5.73 Å². The Labute approximate surface area is 113 Å². The summed E-state index contributed by atoms with van der Waals surface area (Å²) in [6, 6.07) is 1.66. The average Bonchev–Trinajstić information content (AvgIpc) is 2.77. The van der Waals surface area contributed by atoms with Crippen molar-refractivity contribution in [3.63, 3.8) is 0 Å². The molecule has 3 N–H and O–H groups in total. The predicted molar refractivity (Wildman–Crippen MR) is 74.0 cm³/mol. The third-order valence-electron chi connectivity index (χ3n) is 3.94. The van der Waals surface area contributed by atoms with E-state index in [-0.39, 0.29) is 5.41 Å². The van der Waals surface area contributed by atoms with Crippen molar-refractivity contribution < 1.29 is 8.42 Å². The lowest BCUT2D eigenvalue weighted by Crippen LogP contribution is -2.41. The van der Waals surface area contributed by atoms with E-state index in [1.807, 2.05) is 0 Å². The molecule has 0 saturated heterocycles. The first-order chi connectivity index (χ1) is 8.51. The normalized spacial score (nSPS) is 18.6.